The fourth-order valence-corrected chi connectivity index (χ4v) is 3.76. The molecule has 1 saturated heterocycles. The maximum Gasteiger partial charge on any atom is 0.228 e. The van der Waals surface area contributed by atoms with Gasteiger partial charge in [-0.1, -0.05) is 57.2 Å². The first-order valence-corrected chi connectivity index (χ1v) is 10.7. The maximum absolute atomic E-state index is 12.0. The fraction of sp³-hybridized carbons (Fsp3) is 0.480. The van der Waals surface area contributed by atoms with Crippen LogP contribution in [-0.4, -0.2) is 30.9 Å². The number of piperidine rings is 1. The van der Waals surface area contributed by atoms with E-state index in [0.717, 1.165) is 30.1 Å². The molecule has 0 saturated carbocycles. The lowest BCUT2D eigenvalue weighted by Gasteiger charge is -2.26. The lowest BCUT2D eigenvalue weighted by atomic mass is 10.00. The molecule has 3 heteroatoms. The minimum absolute atomic E-state index is 0.0665. The third-order valence-electron chi connectivity index (χ3n) is 5.45. The van der Waals surface area contributed by atoms with E-state index in [2.05, 4.69) is 31.0 Å². The second-order valence-electron chi connectivity index (χ2n) is 7.60. The van der Waals surface area contributed by atoms with E-state index in [0.29, 0.717) is 0 Å². The number of nitrogens with zero attached hydrogens (tertiary/aromatic N) is 2. The Balaban J connectivity index is 0.000000236. The van der Waals surface area contributed by atoms with Crippen molar-refractivity contribution in [2.24, 2.45) is 5.92 Å². The molecule has 0 atom stereocenters. The Kier molecular flexibility index (Phi) is 8.72. The SMILES string of the molecule is CC.CC(=O)N1c2ccccc2CCc2ccccc21.CC1CCN(C)CC1. The Bertz CT molecular complexity index is 690. The standard InChI is InChI=1S/C16H15NO.C7H15N.C2H6/c1-12(18)17-15-8-4-2-6-13(15)10-11-14-7-3-5-9-16(14)17;1-7-3-5-8(2)6-4-7;1-2/h2-9H,10-11H2,1H3;7H,3-6H2,1-2H3;1-2H3. The summed E-state index contributed by atoms with van der Waals surface area (Å²) >= 11 is 0. The van der Waals surface area contributed by atoms with Crippen LogP contribution in [-0.2, 0) is 17.6 Å². The van der Waals surface area contributed by atoms with E-state index in [1.807, 2.05) is 55.1 Å². The van der Waals surface area contributed by atoms with Crippen LogP contribution in [0, 0.1) is 5.92 Å². The van der Waals surface area contributed by atoms with Crippen molar-refractivity contribution in [1.82, 2.24) is 4.90 Å². The number of rotatable bonds is 0. The maximum atomic E-state index is 12.0. The van der Waals surface area contributed by atoms with Gasteiger partial charge >= 0.3 is 0 Å². The Morgan fingerprint density at radius 2 is 1.29 bits per heavy atom. The van der Waals surface area contributed by atoms with Crippen LogP contribution in [0.3, 0.4) is 0 Å². The van der Waals surface area contributed by atoms with Crippen molar-refractivity contribution in [2.75, 3.05) is 25.0 Å². The van der Waals surface area contributed by atoms with Crippen LogP contribution in [0.25, 0.3) is 0 Å². The van der Waals surface area contributed by atoms with E-state index >= 15 is 0 Å². The van der Waals surface area contributed by atoms with Crippen LogP contribution in [0.2, 0.25) is 0 Å². The number of hydrogen-bond acceptors (Lipinski definition) is 2. The molecule has 0 unspecified atom stereocenters. The van der Waals surface area contributed by atoms with Gasteiger partial charge in [-0.3, -0.25) is 9.69 Å². The highest BCUT2D eigenvalue weighted by Crippen LogP contribution is 2.35. The number of fused-ring (bicyclic) bond motifs is 2. The molecule has 4 rings (SSSR count). The van der Waals surface area contributed by atoms with Gasteiger partial charge in [0.1, 0.15) is 0 Å². The molecular weight excluding hydrogens is 344 g/mol. The van der Waals surface area contributed by atoms with Crippen molar-refractivity contribution in [1.29, 1.82) is 0 Å². The highest BCUT2D eigenvalue weighted by Gasteiger charge is 2.22. The van der Waals surface area contributed by atoms with Crippen LogP contribution in [0.15, 0.2) is 48.5 Å². The molecule has 0 N–H and O–H groups in total. The Morgan fingerprint density at radius 1 is 0.857 bits per heavy atom. The molecular formula is C25H36N2O. The molecule has 2 aliphatic rings. The van der Waals surface area contributed by atoms with Gasteiger partial charge in [-0.25, -0.2) is 0 Å². The summed E-state index contributed by atoms with van der Waals surface area (Å²) in [5.41, 5.74) is 4.53. The molecule has 0 aliphatic carbocycles. The number of likely N-dealkylation sites (tertiary alicyclic amines) is 1. The van der Waals surface area contributed by atoms with Gasteiger partial charge < -0.3 is 4.90 Å². The first kappa shape index (κ1) is 22.2. The van der Waals surface area contributed by atoms with E-state index < -0.39 is 0 Å². The Hall–Kier alpha value is -2.13. The minimum Gasteiger partial charge on any atom is -0.306 e. The summed E-state index contributed by atoms with van der Waals surface area (Å²) in [5.74, 6) is 1.04. The number of carbonyl (C=O) groups excluding carboxylic acids is 1. The highest BCUT2D eigenvalue weighted by atomic mass is 16.2. The van der Waals surface area contributed by atoms with E-state index in [4.69, 9.17) is 0 Å². The Labute approximate surface area is 171 Å². The van der Waals surface area contributed by atoms with Crippen LogP contribution in [0.5, 0.6) is 0 Å². The van der Waals surface area contributed by atoms with Crippen molar-refractivity contribution >= 4 is 17.3 Å². The van der Waals surface area contributed by atoms with Gasteiger partial charge in [0, 0.05) is 6.92 Å². The minimum atomic E-state index is 0.0665. The van der Waals surface area contributed by atoms with Gasteiger partial charge in [0.15, 0.2) is 0 Å². The number of para-hydroxylation sites is 2. The Morgan fingerprint density at radius 3 is 1.68 bits per heavy atom. The van der Waals surface area contributed by atoms with Gasteiger partial charge in [0.25, 0.3) is 0 Å². The van der Waals surface area contributed by atoms with Gasteiger partial charge in [0.05, 0.1) is 11.4 Å². The average molecular weight is 381 g/mol. The molecule has 1 fully saturated rings. The number of carbonyl (C=O) groups is 1. The van der Waals surface area contributed by atoms with Gasteiger partial charge in [0.2, 0.25) is 5.91 Å². The quantitative estimate of drug-likeness (QED) is 0.573. The zero-order chi connectivity index (χ0) is 20.5. The smallest absolute Gasteiger partial charge is 0.228 e. The summed E-state index contributed by atoms with van der Waals surface area (Å²) in [7, 11) is 2.20. The molecule has 0 radical (unpaired) electrons. The molecule has 2 aliphatic heterocycles. The van der Waals surface area contributed by atoms with Gasteiger partial charge in [-0.05, 0) is 75.0 Å². The molecule has 152 valence electrons. The molecule has 0 bridgehead atoms. The van der Waals surface area contributed by atoms with Gasteiger partial charge in [-0.15, -0.1) is 0 Å². The second kappa shape index (κ2) is 11.0. The van der Waals surface area contributed by atoms with Crippen LogP contribution < -0.4 is 4.90 Å². The molecule has 28 heavy (non-hydrogen) atoms. The van der Waals surface area contributed by atoms with E-state index in [9.17, 15) is 4.79 Å². The van der Waals surface area contributed by atoms with Gasteiger partial charge in [-0.2, -0.15) is 0 Å². The third kappa shape index (κ3) is 5.68. The highest BCUT2D eigenvalue weighted by molar-refractivity contribution is 6.00. The predicted octanol–water partition coefficient (Wildman–Crippen LogP) is 5.84. The topological polar surface area (TPSA) is 23.6 Å². The van der Waals surface area contributed by atoms with E-state index in [-0.39, 0.29) is 5.91 Å². The molecule has 2 aromatic rings. The van der Waals surface area contributed by atoms with Crippen molar-refractivity contribution in [2.45, 2.75) is 53.4 Å². The van der Waals surface area contributed by atoms with Crippen LogP contribution in [0.1, 0.15) is 51.7 Å². The van der Waals surface area contributed by atoms with Crippen molar-refractivity contribution < 1.29 is 4.79 Å². The van der Waals surface area contributed by atoms with E-state index in [1.165, 1.54) is 37.1 Å². The summed E-state index contributed by atoms with van der Waals surface area (Å²) < 4.78 is 0. The number of benzene rings is 2. The fourth-order valence-electron chi connectivity index (χ4n) is 3.76. The van der Waals surface area contributed by atoms with E-state index in [1.54, 1.807) is 6.92 Å². The van der Waals surface area contributed by atoms with Crippen molar-refractivity contribution in [3.8, 4) is 0 Å². The largest absolute Gasteiger partial charge is 0.306 e. The zero-order valence-corrected chi connectivity index (χ0v) is 18.2. The summed E-state index contributed by atoms with van der Waals surface area (Å²) in [5, 5.41) is 0. The zero-order valence-electron chi connectivity index (χ0n) is 18.2. The molecule has 1 amide bonds. The number of anilines is 2. The number of hydrogen-bond donors (Lipinski definition) is 0. The lowest BCUT2D eigenvalue weighted by Crippen LogP contribution is -2.28. The lowest BCUT2D eigenvalue weighted by molar-refractivity contribution is -0.115. The predicted molar refractivity (Wildman–Crippen MR) is 120 cm³/mol. The molecule has 2 aromatic carbocycles. The second-order valence-corrected chi connectivity index (χ2v) is 7.60. The van der Waals surface area contributed by atoms with Crippen molar-refractivity contribution in [3.05, 3.63) is 59.7 Å². The number of aryl methyl sites for hydroxylation is 2. The monoisotopic (exact) mass is 380 g/mol. The average Bonchev–Trinajstić information content (AvgIpc) is 2.89. The number of amides is 1. The first-order valence-electron chi connectivity index (χ1n) is 10.7. The molecule has 0 spiro atoms. The van der Waals surface area contributed by atoms with Crippen LogP contribution >= 0.6 is 0 Å². The molecule has 0 aromatic heterocycles. The first-order chi connectivity index (χ1) is 13.6. The summed E-state index contributed by atoms with van der Waals surface area (Å²) in [4.78, 5) is 16.2. The molecule has 2 heterocycles. The summed E-state index contributed by atoms with van der Waals surface area (Å²) in [6, 6.07) is 16.3. The molecule has 3 nitrogen and oxygen atoms in total. The summed E-state index contributed by atoms with van der Waals surface area (Å²) in [6.45, 7) is 10.6. The third-order valence-corrected chi connectivity index (χ3v) is 5.45. The summed E-state index contributed by atoms with van der Waals surface area (Å²) in [6.07, 6.45) is 4.76. The van der Waals surface area contributed by atoms with Crippen molar-refractivity contribution in [3.63, 3.8) is 0 Å². The normalized spacial score (nSPS) is 16.4. The van der Waals surface area contributed by atoms with Crippen LogP contribution in [0.4, 0.5) is 11.4 Å².